The molecule has 1 fully saturated rings. The Morgan fingerprint density at radius 3 is 2.19 bits per heavy atom. The number of rotatable bonds is 8. The SMILES string of the molecule is COCCN(CCOC)C1(CN)CCCC(C(F)(F)F)C1. The van der Waals surface area contributed by atoms with Gasteiger partial charge in [-0.05, 0) is 19.3 Å². The molecule has 0 amide bonds. The molecule has 0 saturated heterocycles. The van der Waals surface area contributed by atoms with Gasteiger partial charge in [0.05, 0.1) is 19.1 Å². The van der Waals surface area contributed by atoms with Crippen LogP contribution in [0.4, 0.5) is 13.2 Å². The van der Waals surface area contributed by atoms with E-state index in [2.05, 4.69) is 0 Å². The van der Waals surface area contributed by atoms with Crippen LogP contribution in [-0.2, 0) is 9.47 Å². The van der Waals surface area contributed by atoms with E-state index in [0.717, 1.165) is 0 Å². The summed E-state index contributed by atoms with van der Waals surface area (Å²) in [6, 6.07) is 0. The highest BCUT2D eigenvalue weighted by Gasteiger charge is 2.49. The third-order valence-corrected chi connectivity index (χ3v) is 4.47. The predicted molar refractivity (Wildman–Crippen MR) is 75.1 cm³/mol. The molecule has 0 aromatic rings. The molecule has 0 aliphatic heterocycles. The maximum absolute atomic E-state index is 13.1. The van der Waals surface area contributed by atoms with E-state index >= 15 is 0 Å². The summed E-state index contributed by atoms with van der Waals surface area (Å²) in [6.45, 7) is 2.32. The molecule has 2 N–H and O–H groups in total. The van der Waals surface area contributed by atoms with Gasteiger partial charge in [-0.2, -0.15) is 13.2 Å². The lowest BCUT2D eigenvalue weighted by Crippen LogP contribution is -2.59. The quantitative estimate of drug-likeness (QED) is 0.745. The van der Waals surface area contributed by atoms with Crippen LogP contribution in [0.2, 0.25) is 0 Å². The average Bonchev–Trinajstić information content (AvgIpc) is 2.46. The van der Waals surface area contributed by atoms with E-state index in [1.54, 1.807) is 14.2 Å². The van der Waals surface area contributed by atoms with Gasteiger partial charge >= 0.3 is 6.18 Å². The first-order valence-corrected chi connectivity index (χ1v) is 7.39. The smallest absolute Gasteiger partial charge is 0.383 e. The zero-order valence-electron chi connectivity index (χ0n) is 12.9. The van der Waals surface area contributed by atoms with Crippen molar-refractivity contribution in [1.82, 2.24) is 4.90 Å². The number of nitrogens with zero attached hydrogens (tertiary/aromatic N) is 1. The average molecular weight is 312 g/mol. The lowest BCUT2D eigenvalue weighted by molar-refractivity contribution is -0.194. The fourth-order valence-corrected chi connectivity index (χ4v) is 3.21. The lowest BCUT2D eigenvalue weighted by Gasteiger charge is -2.48. The van der Waals surface area contributed by atoms with Crippen molar-refractivity contribution in [2.75, 3.05) is 47.1 Å². The summed E-state index contributed by atoms with van der Waals surface area (Å²) in [5, 5.41) is 0. The molecule has 7 heteroatoms. The van der Waals surface area contributed by atoms with Crippen LogP contribution in [0.5, 0.6) is 0 Å². The Bertz CT molecular complexity index is 294. The van der Waals surface area contributed by atoms with Crippen molar-refractivity contribution in [3.8, 4) is 0 Å². The van der Waals surface area contributed by atoms with Gasteiger partial charge in [0.1, 0.15) is 0 Å². The first kappa shape index (κ1) is 18.7. The molecule has 21 heavy (non-hydrogen) atoms. The van der Waals surface area contributed by atoms with Crippen molar-refractivity contribution in [3.05, 3.63) is 0 Å². The standard InChI is InChI=1S/C14H27F3N2O2/c1-20-8-6-19(7-9-21-2)13(11-18)5-3-4-12(10-13)14(15,16)17/h12H,3-11,18H2,1-2H3. The summed E-state index contributed by atoms with van der Waals surface area (Å²) in [7, 11) is 3.17. The highest BCUT2D eigenvalue weighted by atomic mass is 19.4. The van der Waals surface area contributed by atoms with E-state index in [4.69, 9.17) is 15.2 Å². The van der Waals surface area contributed by atoms with Gasteiger partial charge in [0.2, 0.25) is 0 Å². The number of methoxy groups -OCH3 is 2. The van der Waals surface area contributed by atoms with Gasteiger partial charge in [0, 0.05) is 39.4 Å². The molecule has 0 radical (unpaired) electrons. The fourth-order valence-electron chi connectivity index (χ4n) is 3.21. The third kappa shape index (κ3) is 5.09. The third-order valence-electron chi connectivity index (χ3n) is 4.47. The van der Waals surface area contributed by atoms with Gasteiger partial charge in [0.25, 0.3) is 0 Å². The molecular formula is C14H27F3N2O2. The van der Waals surface area contributed by atoms with Crippen LogP contribution in [0.15, 0.2) is 0 Å². The van der Waals surface area contributed by atoms with Crippen LogP contribution in [0, 0.1) is 5.92 Å². The van der Waals surface area contributed by atoms with Crippen LogP contribution < -0.4 is 5.73 Å². The fraction of sp³-hybridized carbons (Fsp3) is 1.00. The number of alkyl halides is 3. The minimum Gasteiger partial charge on any atom is -0.383 e. The molecule has 2 unspecified atom stereocenters. The second-order valence-corrected chi connectivity index (χ2v) is 5.74. The molecule has 0 bridgehead atoms. The molecule has 1 aliphatic rings. The summed E-state index contributed by atoms with van der Waals surface area (Å²) in [4.78, 5) is 2.03. The van der Waals surface area contributed by atoms with Crippen LogP contribution >= 0.6 is 0 Å². The second-order valence-electron chi connectivity index (χ2n) is 5.74. The largest absolute Gasteiger partial charge is 0.391 e. The van der Waals surface area contributed by atoms with E-state index in [1.165, 1.54) is 0 Å². The van der Waals surface area contributed by atoms with E-state index in [9.17, 15) is 13.2 Å². The van der Waals surface area contributed by atoms with Gasteiger partial charge in [-0.25, -0.2) is 0 Å². The van der Waals surface area contributed by atoms with Gasteiger partial charge in [-0.1, -0.05) is 6.42 Å². The molecule has 1 aliphatic carbocycles. The van der Waals surface area contributed by atoms with Crippen molar-refractivity contribution in [3.63, 3.8) is 0 Å². The highest BCUT2D eigenvalue weighted by molar-refractivity contribution is 4.98. The summed E-state index contributed by atoms with van der Waals surface area (Å²) in [5.74, 6) is -1.26. The highest BCUT2D eigenvalue weighted by Crippen LogP contribution is 2.43. The Hall–Kier alpha value is -0.370. The Morgan fingerprint density at radius 1 is 1.19 bits per heavy atom. The van der Waals surface area contributed by atoms with Gasteiger partial charge < -0.3 is 15.2 Å². The second kappa shape index (κ2) is 8.31. The number of hydrogen-bond acceptors (Lipinski definition) is 4. The summed E-state index contributed by atoms with van der Waals surface area (Å²) in [6.07, 6.45) is -2.62. The molecule has 0 heterocycles. The molecule has 2 atom stereocenters. The maximum atomic E-state index is 13.1. The summed E-state index contributed by atoms with van der Waals surface area (Å²) >= 11 is 0. The van der Waals surface area contributed by atoms with Crippen LogP contribution in [-0.4, -0.2) is 63.7 Å². The van der Waals surface area contributed by atoms with Crippen LogP contribution in [0.25, 0.3) is 0 Å². The first-order valence-electron chi connectivity index (χ1n) is 7.39. The van der Waals surface area contributed by atoms with Crippen molar-refractivity contribution >= 4 is 0 Å². The minimum absolute atomic E-state index is 0.0699. The monoisotopic (exact) mass is 312 g/mol. The summed E-state index contributed by atoms with van der Waals surface area (Å²) in [5.41, 5.74) is 5.30. The minimum atomic E-state index is -4.14. The van der Waals surface area contributed by atoms with Gasteiger partial charge in [-0.3, -0.25) is 4.90 Å². The number of hydrogen-bond donors (Lipinski definition) is 1. The van der Waals surface area contributed by atoms with E-state index in [-0.39, 0.29) is 19.4 Å². The molecular weight excluding hydrogens is 285 g/mol. The summed E-state index contributed by atoms with van der Waals surface area (Å²) < 4.78 is 49.4. The number of halogens is 3. The zero-order chi connectivity index (χ0) is 15.9. The Balaban J connectivity index is 2.86. The molecule has 1 saturated carbocycles. The van der Waals surface area contributed by atoms with Crippen LogP contribution in [0.1, 0.15) is 25.7 Å². The zero-order valence-corrected chi connectivity index (χ0v) is 12.9. The molecule has 0 spiro atoms. The Labute approximate surface area is 124 Å². The number of nitrogens with two attached hydrogens (primary N) is 1. The Kier molecular flexibility index (Phi) is 7.39. The van der Waals surface area contributed by atoms with Crippen molar-refractivity contribution < 1.29 is 22.6 Å². The van der Waals surface area contributed by atoms with Gasteiger partial charge in [0.15, 0.2) is 0 Å². The Morgan fingerprint density at radius 2 is 1.76 bits per heavy atom. The molecule has 0 aromatic heterocycles. The molecule has 4 nitrogen and oxygen atoms in total. The van der Waals surface area contributed by atoms with Crippen LogP contribution in [0.3, 0.4) is 0 Å². The molecule has 1 rings (SSSR count). The van der Waals surface area contributed by atoms with Gasteiger partial charge in [-0.15, -0.1) is 0 Å². The van der Waals surface area contributed by atoms with Crippen molar-refractivity contribution in [1.29, 1.82) is 0 Å². The predicted octanol–water partition coefficient (Wildman–Crippen LogP) is 2.03. The maximum Gasteiger partial charge on any atom is 0.391 e. The van der Waals surface area contributed by atoms with Crippen molar-refractivity contribution in [2.24, 2.45) is 11.7 Å². The topological polar surface area (TPSA) is 47.7 Å². The first-order chi connectivity index (χ1) is 9.89. The van der Waals surface area contributed by atoms with E-state index in [1.807, 2.05) is 4.90 Å². The van der Waals surface area contributed by atoms with Crippen molar-refractivity contribution in [2.45, 2.75) is 37.4 Å². The molecule has 0 aromatic carbocycles. The number of ether oxygens (including phenoxy) is 2. The van der Waals surface area contributed by atoms with E-state index < -0.39 is 17.6 Å². The molecule has 126 valence electrons. The normalized spacial score (nSPS) is 27.3. The van der Waals surface area contributed by atoms with E-state index in [0.29, 0.717) is 39.1 Å². The lowest BCUT2D eigenvalue weighted by atomic mass is 9.74.